The Bertz CT molecular complexity index is 1190. The zero-order chi connectivity index (χ0) is 22.6. The number of rotatable bonds is 2. The van der Waals surface area contributed by atoms with Gasteiger partial charge in [-0.1, -0.05) is 98.1 Å². The van der Waals surface area contributed by atoms with Crippen molar-refractivity contribution in [2.75, 3.05) is 0 Å². The van der Waals surface area contributed by atoms with Crippen LogP contribution in [0.2, 0.25) is 10.0 Å². The first-order chi connectivity index (χ1) is 15.2. The van der Waals surface area contributed by atoms with Crippen LogP contribution in [0.5, 0.6) is 5.75 Å². The van der Waals surface area contributed by atoms with Crippen molar-refractivity contribution in [3.8, 4) is 5.75 Å². The third kappa shape index (κ3) is 3.78. The van der Waals surface area contributed by atoms with Crippen molar-refractivity contribution in [1.29, 1.82) is 0 Å². The van der Waals surface area contributed by atoms with Crippen molar-refractivity contribution in [1.82, 2.24) is 5.01 Å². The molecular formula is C27H26Cl2N2O. The number of aryl methyl sites for hydroxylation is 1. The van der Waals surface area contributed by atoms with Crippen molar-refractivity contribution in [2.24, 2.45) is 5.10 Å². The fourth-order valence-corrected chi connectivity index (χ4v) is 4.96. The van der Waals surface area contributed by atoms with E-state index < -0.39 is 0 Å². The maximum absolute atomic E-state index is 6.58. The summed E-state index contributed by atoms with van der Waals surface area (Å²) in [5.41, 5.74) is 6.80. The minimum absolute atomic E-state index is 0.0125. The summed E-state index contributed by atoms with van der Waals surface area (Å²) in [6.07, 6.45) is 0.412. The Balaban J connectivity index is 1.59. The summed E-state index contributed by atoms with van der Waals surface area (Å²) >= 11 is 12.9. The Morgan fingerprint density at radius 2 is 1.66 bits per heavy atom. The van der Waals surface area contributed by atoms with E-state index in [1.165, 1.54) is 11.1 Å². The van der Waals surface area contributed by atoms with Crippen LogP contribution in [0.1, 0.15) is 67.3 Å². The van der Waals surface area contributed by atoms with Crippen molar-refractivity contribution in [3.05, 3.63) is 98.5 Å². The second-order valence-electron chi connectivity index (χ2n) is 9.66. The van der Waals surface area contributed by atoms with Gasteiger partial charge in [-0.2, -0.15) is 5.10 Å². The molecule has 0 unspecified atom stereocenters. The molecule has 5 heteroatoms. The Labute approximate surface area is 199 Å². The topological polar surface area (TPSA) is 24.8 Å². The maximum Gasteiger partial charge on any atom is 0.213 e. The molecule has 0 N–H and O–H groups in total. The SMILES string of the molecule is Cc1ccc(C2=NN3[C@@H](C2)c2cc(Cl)cc(Cl)c2O[C@H]3c2ccc(C(C)(C)C)cc2)cc1. The van der Waals surface area contributed by atoms with Crippen molar-refractivity contribution in [2.45, 2.75) is 51.8 Å². The Kier molecular flexibility index (Phi) is 5.22. The highest BCUT2D eigenvalue weighted by molar-refractivity contribution is 6.35. The number of ether oxygens (including phenoxy) is 1. The summed E-state index contributed by atoms with van der Waals surface area (Å²) in [4.78, 5) is 0. The molecule has 3 aromatic rings. The Morgan fingerprint density at radius 3 is 2.31 bits per heavy atom. The molecule has 0 spiro atoms. The number of hydrogen-bond donors (Lipinski definition) is 0. The smallest absolute Gasteiger partial charge is 0.213 e. The molecule has 2 atom stereocenters. The lowest BCUT2D eigenvalue weighted by Crippen LogP contribution is -2.34. The van der Waals surface area contributed by atoms with Gasteiger partial charge in [0.25, 0.3) is 0 Å². The van der Waals surface area contributed by atoms with Gasteiger partial charge in [0.1, 0.15) is 5.75 Å². The van der Waals surface area contributed by atoms with E-state index >= 15 is 0 Å². The number of nitrogens with zero attached hydrogens (tertiary/aromatic N) is 2. The zero-order valence-electron chi connectivity index (χ0n) is 18.7. The Morgan fingerprint density at radius 1 is 0.969 bits per heavy atom. The van der Waals surface area contributed by atoms with Crippen LogP contribution in [0, 0.1) is 6.92 Å². The summed E-state index contributed by atoms with van der Waals surface area (Å²) in [6.45, 7) is 8.74. The van der Waals surface area contributed by atoms with Crippen molar-refractivity contribution < 1.29 is 4.74 Å². The van der Waals surface area contributed by atoms with Crippen LogP contribution in [-0.4, -0.2) is 10.7 Å². The van der Waals surface area contributed by atoms with Gasteiger partial charge >= 0.3 is 0 Å². The van der Waals surface area contributed by atoms with E-state index in [1.807, 2.05) is 6.07 Å². The van der Waals surface area contributed by atoms with Crippen LogP contribution >= 0.6 is 23.2 Å². The lowest BCUT2D eigenvalue weighted by Gasteiger charge is -2.38. The van der Waals surface area contributed by atoms with Crippen LogP contribution in [-0.2, 0) is 5.41 Å². The normalized spacial score (nSPS) is 19.8. The summed E-state index contributed by atoms with van der Waals surface area (Å²) in [7, 11) is 0. The molecule has 3 nitrogen and oxygen atoms in total. The predicted molar refractivity (Wildman–Crippen MR) is 132 cm³/mol. The summed E-state index contributed by atoms with van der Waals surface area (Å²) in [5.74, 6) is 0.697. The first kappa shape index (κ1) is 21.4. The van der Waals surface area contributed by atoms with Gasteiger partial charge in [-0.25, -0.2) is 5.01 Å². The van der Waals surface area contributed by atoms with E-state index in [-0.39, 0.29) is 17.7 Å². The molecule has 32 heavy (non-hydrogen) atoms. The number of hydrogen-bond acceptors (Lipinski definition) is 3. The van der Waals surface area contributed by atoms with Gasteiger partial charge < -0.3 is 4.74 Å². The van der Waals surface area contributed by atoms with E-state index in [4.69, 9.17) is 33.0 Å². The van der Waals surface area contributed by atoms with E-state index in [0.717, 1.165) is 28.8 Å². The molecule has 0 amide bonds. The number of fused-ring (bicyclic) bond motifs is 3. The van der Waals surface area contributed by atoms with E-state index in [2.05, 4.69) is 81.2 Å². The predicted octanol–water partition coefficient (Wildman–Crippen LogP) is 7.84. The lowest BCUT2D eigenvalue weighted by molar-refractivity contribution is -0.0189. The van der Waals surface area contributed by atoms with Crippen LogP contribution in [0.3, 0.4) is 0 Å². The molecule has 3 aromatic carbocycles. The molecule has 164 valence electrons. The third-order valence-electron chi connectivity index (χ3n) is 6.25. The fourth-order valence-electron chi connectivity index (χ4n) is 4.40. The molecule has 0 aromatic heterocycles. The van der Waals surface area contributed by atoms with Crippen LogP contribution < -0.4 is 4.74 Å². The molecular weight excluding hydrogens is 439 g/mol. The molecule has 0 fully saturated rings. The van der Waals surface area contributed by atoms with Crippen LogP contribution in [0.4, 0.5) is 0 Å². The van der Waals surface area contributed by atoms with Crippen LogP contribution in [0.15, 0.2) is 65.8 Å². The van der Waals surface area contributed by atoms with Crippen molar-refractivity contribution in [3.63, 3.8) is 0 Å². The highest BCUT2D eigenvalue weighted by atomic mass is 35.5. The lowest BCUT2D eigenvalue weighted by atomic mass is 9.86. The standard InChI is InChI=1S/C27H26Cl2N2O/c1-16-5-7-17(8-6-16)23-15-24-21-13-20(28)14-22(29)25(21)32-26(31(24)30-23)18-9-11-19(12-10-18)27(2,3)4/h5-14,24,26H,15H2,1-4H3/t24-,26-/m0/s1. The maximum atomic E-state index is 6.58. The molecule has 0 bridgehead atoms. The Hall–Kier alpha value is -2.49. The van der Waals surface area contributed by atoms with E-state index in [1.54, 1.807) is 6.07 Å². The van der Waals surface area contributed by atoms with Gasteiger partial charge in [0.2, 0.25) is 6.23 Å². The molecule has 0 saturated heterocycles. The largest absolute Gasteiger partial charge is 0.463 e. The monoisotopic (exact) mass is 464 g/mol. The average molecular weight is 465 g/mol. The molecule has 2 aliphatic heterocycles. The number of hydrazone groups is 1. The summed E-state index contributed by atoms with van der Waals surface area (Å²) in [6, 6.07) is 20.8. The van der Waals surface area contributed by atoms with Crippen molar-refractivity contribution >= 4 is 28.9 Å². The molecule has 2 heterocycles. The minimum atomic E-state index is -0.358. The van der Waals surface area contributed by atoms with Gasteiger partial charge in [-0.15, -0.1) is 0 Å². The fraction of sp³-hybridized carbons (Fsp3) is 0.296. The van der Waals surface area contributed by atoms with Gasteiger partial charge in [-0.05, 0) is 35.6 Å². The second-order valence-corrected chi connectivity index (χ2v) is 10.5. The van der Waals surface area contributed by atoms with Crippen LogP contribution in [0.25, 0.3) is 0 Å². The summed E-state index contributed by atoms with van der Waals surface area (Å²) in [5, 5.41) is 8.24. The molecule has 0 aliphatic carbocycles. The minimum Gasteiger partial charge on any atom is -0.463 e. The quantitative estimate of drug-likeness (QED) is 0.385. The molecule has 0 saturated carbocycles. The molecule has 0 radical (unpaired) electrons. The first-order valence-electron chi connectivity index (χ1n) is 10.9. The van der Waals surface area contributed by atoms with Gasteiger partial charge in [-0.3, -0.25) is 0 Å². The third-order valence-corrected chi connectivity index (χ3v) is 6.75. The number of halogens is 2. The van der Waals surface area contributed by atoms with Gasteiger partial charge in [0.05, 0.1) is 16.8 Å². The zero-order valence-corrected chi connectivity index (χ0v) is 20.2. The van der Waals surface area contributed by atoms with Gasteiger partial charge in [0.15, 0.2) is 0 Å². The average Bonchev–Trinajstić information content (AvgIpc) is 3.19. The molecule has 2 aliphatic rings. The summed E-state index contributed by atoms with van der Waals surface area (Å²) < 4.78 is 6.47. The molecule has 5 rings (SSSR count). The number of benzene rings is 3. The van der Waals surface area contributed by atoms with E-state index in [0.29, 0.717) is 15.8 Å². The van der Waals surface area contributed by atoms with Gasteiger partial charge in [0, 0.05) is 22.6 Å². The van der Waals surface area contributed by atoms with E-state index in [9.17, 15) is 0 Å². The highest BCUT2D eigenvalue weighted by Gasteiger charge is 2.42. The highest BCUT2D eigenvalue weighted by Crippen LogP contribution is 2.50. The second kappa shape index (κ2) is 7.83. The first-order valence-corrected chi connectivity index (χ1v) is 11.7.